The number of para-hydroxylation sites is 1. The number of aliphatic hydroxyl groups is 1. The fourth-order valence-electron chi connectivity index (χ4n) is 3.17. The maximum atomic E-state index is 9.35. The van der Waals surface area contributed by atoms with Gasteiger partial charge < -0.3 is 25.8 Å². The lowest BCUT2D eigenvalue weighted by atomic mass is 9.84. The number of hydrogen-bond acceptors (Lipinski definition) is 6. The summed E-state index contributed by atoms with van der Waals surface area (Å²) in [5.74, 6) is 0.799. The van der Waals surface area contributed by atoms with Crippen molar-refractivity contribution in [3.8, 4) is 0 Å². The van der Waals surface area contributed by atoms with Gasteiger partial charge >= 0.3 is 0 Å². The summed E-state index contributed by atoms with van der Waals surface area (Å²) in [4.78, 5) is 9.31. The van der Waals surface area contributed by atoms with Crippen LogP contribution >= 0.6 is 35.3 Å². The molecule has 1 unspecified atom stereocenters. The molecule has 7 nitrogen and oxygen atoms in total. The molecule has 1 fully saturated rings. The largest absolute Gasteiger partial charge is 0.396 e. The van der Waals surface area contributed by atoms with E-state index in [-0.39, 0.29) is 36.0 Å². The van der Waals surface area contributed by atoms with E-state index in [2.05, 4.69) is 33.9 Å². The Hall–Kier alpha value is -1.17. The molecule has 0 radical (unpaired) electrons. The van der Waals surface area contributed by atoms with Crippen LogP contribution in [0.25, 0.3) is 10.2 Å². The molecule has 1 atom stereocenters. The van der Waals surface area contributed by atoms with E-state index in [4.69, 9.17) is 9.73 Å². The van der Waals surface area contributed by atoms with E-state index >= 15 is 0 Å². The normalized spacial score (nSPS) is 19.4. The van der Waals surface area contributed by atoms with Crippen molar-refractivity contribution in [2.24, 2.45) is 10.4 Å². The van der Waals surface area contributed by atoms with Crippen LogP contribution in [0, 0.1) is 5.41 Å². The van der Waals surface area contributed by atoms with Crippen molar-refractivity contribution < 1.29 is 9.84 Å². The minimum atomic E-state index is -0.0314. The predicted molar refractivity (Wildman–Crippen MR) is 127 cm³/mol. The summed E-state index contributed by atoms with van der Waals surface area (Å²) >= 11 is 1.66. The number of aliphatic hydroxyl groups excluding tert-OH is 1. The monoisotopic (exact) mass is 519 g/mol. The number of thiazole rings is 1. The first-order valence-electron chi connectivity index (χ1n) is 9.55. The van der Waals surface area contributed by atoms with Gasteiger partial charge in [-0.1, -0.05) is 23.5 Å². The van der Waals surface area contributed by atoms with Crippen LogP contribution < -0.4 is 16.0 Å². The minimum Gasteiger partial charge on any atom is -0.396 e. The molecule has 1 saturated heterocycles. The van der Waals surface area contributed by atoms with Crippen molar-refractivity contribution in [1.29, 1.82) is 0 Å². The number of rotatable bonds is 9. The second kappa shape index (κ2) is 11.7. The number of aromatic nitrogens is 1. The Morgan fingerprint density at radius 2 is 2.18 bits per heavy atom. The Kier molecular flexibility index (Phi) is 9.69. The SMILES string of the molecule is CCNC(=NCC1(CCO)CCOC1)NCCNc1nc2ccccc2s1.I. The molecular weight excluding hydrogens is 489 g/mol. The zero-order chi connectivity index (χ0) is 19.0. The Morgan fingerprint density at radius 1 is 1.32 bits per heavy atom. The molecule has 4 N–H and O–H groups in total. The quantitative estimate of drug-likeness (QED) is 0.176. The number of aliphatic imine (C=N–C) groups is 1. The first-order chi connectivity index (χ1) is 13.2. The first kappa shape index (κ1) is 23.1. The smallest absolute Gasteiger partial charge is 0.191 e. The predicted octanol–water partition coefficient (Wildman–Crippen LogP) is 2.67. The molecule has 1 aliphatic heterocycles. The molecule has 9 heteroatoms. The van der Waals surface area contributed by atoms with Crippen LogP contribution in [-0.4, -0.2) is 62.0 Å². The average Bonchev–Trinajstić information content (AvgIpc) is 3.30. The van der Waals surface area contributed by atoms with Gasteiger partial charge in [0.05, 0.1) is 23.4 Å². The van der Waals surface area contributed by atoms with Gasteiger partial charge in [-0.3, -0.25) is 4.99 Å². The number of fused-ring (bicyclic) bond motifs is 1. The Bertz CT molecular complexity index is 716. The fourth-order valence-corrected chi connectivity index (χ4v) is 4.07. The highest BCUT2D eigenvalue weighted by Gasteiger charge is 2.34. The summed E-state index contributed by atoms with van der Waals surface area (Å²) in [6, 6.07) is 8.15. The van der Waals surface area contributed by atoms with Crippen molar-refractivity contribution in [1.82, 2.24) is 15.6 Å². The van der Waals surface area contributed by atoms with Crippen LogP contribution in [0.15, 0.2) is 29.3 Å². The summed E-state index contributed by atoms with van der Waals surface area (Å²) < 4.78 is 6.73. The average molecular weight is 519 g/mol. The van der Waals surface area contributed by atoms with E-state index in [1.807, 2.05) is 18.2 Å². The number of ether oxygens (including phenoxy) is 1. The van der Waals surface area contributed by atoms with E-state index in [0.717, 1.165) is 55.7 Å². The first-order valence-corrected chi connectivity index (χ1v) is 10.4. The number of nitrogens with zero attached hydrogens (tertiary/aromatic N) is 2. The molecule has 3 rings (SSSR count). The summed E-state index contributed by atoms with van der Waals surface area (Å²) in [5, 5.41) is 20.3. The zero-order valence-corrected chi connectivity index (χ0v) is 19.4. The van der Waals surface area contributed by atoms with Gasteiger partial charge in [-0.25, -0.2) is 4.98 Å². The summed E-state index contributed by atoms with van der Waals surface area (Å²) in [6.07, 6.45) is 1.69. The van der Waals surface area contributed by atoms with E-state index in [0.29, 0.717) is 13.2 Å². The van der Waals surface area contributed by atoms with Crippen LogP contribution in [0.2, 0.25) is 0 Å². The van der Waals surface area contributed by atoms with Crippen LogP contribution in [0.4, 0.5) is 5.13 Å². The van der Waals surface area contributed by atoms with E-state index < -0.39 is 0 Å². The van der Waals surface area contributed by atoms with Crippen LogP contribution in [0.3, 0.4) is 0 Å². The van der Waals surface area contributed by atoms with Gasteiger partial charge in [-0.2, -0.15) is 0 Å². The fraction of sp³-hybridized carbons (Fsp3) is 0.579. The van der Waals surface area contributed by atoms with Crippen LogP contribution in [-0.2, 0) is 4.74 Å². The molecule has 0 aliphatic carbocycles. The second-order valence-electron chi connectivity index (χ2n) is 6.81. The Labute approximate surface area is 187 Å². The molecule has 0 spiro atoms. The highest BCUT2D eigenvalue weighted by atomic mass is 127. The lowest BCUT2D eigenvalue weighted by Crippen LogP contribution is -2.40. The number of nitrogens with one attached hydrogen (secondary N) is 3. The topological polar surface area (TPSA) is 90.8 Å². The van der Waals surface area contributed by atoms with Crippen LogP contribution in [0.1, 0.15) is 19.8 Å². The lowest BCUT2D eigenvalue weighted by Gasteiger charge is -2.24. The third-order valence-corrected chi connectivity index (χ3v) is 5.73. The third kappa shape index (κ3) is 6.43. The number of guanidine groups is 1. The maximum absolute atomic E-state index is 9.35. The van der Waals surface area contributed by atoms with E-state index in [1.165, 1.54) is 4.70 Å². The molecule has 0 amide bonds. The highest BCUT2D eigenvalue weighted by Crippen LogP contribution is 2.32. The standard InChI is InChI=1S/C19H29N5O2S.HI/c1-2-20-17(23-13-19(7-11-25)8-12-26-14-19)21-9-10-22-18-24-15-5-3-4-6-16(15)27-18;/h3-6,25H,2,7-14H2,1H3,(H,22,24)(H2,20,21,23);1H. The maximum Gasteiger partial charge on any atom is 0.191 e. The van der Waals surface area contributed by atoms with Crippen molar-refractivity contribution in [3.05, 3.63) is 24.3 Å². The molecule has 1 aromatic carbocycles. The lowest BCUT2D eigenvalue weighted by molar-refractivity contribution is 0.131. The molecule has 2 heterocycles. The highest BCUT2D eigenvalue weighted by molar-refractivity contribution is 14.0. The van der Waals surface area contributed by atoms with Crippen molar-refractivity contribution in [3.63, 3.8) is 0 Å². The molecule has 2 aromatic rings. The van der Waals surface area contributed by atoms with Crippen molar-refractivity contribution >= 4 is 56.6 Å². The number of hydrogen-bond donors (Lipinski definition) is 4. The van der Waals surface area contributed by atoms with E-state index in [1.54, 1.807) is 11.3 Å². The summed E-state index contributed by atoms with van der Waals surface area (Å²) in [7, 11) is 0. The summed E-state index contributed by atoms with van der Waals surface area (Å²) in [5.41, 5.74) is 0.997. The van der Waals surface area contributed by atoms with Gasteiger partial charge in [0.15, 0.2) is 11.1 Å². The Balaban J connectivity index is 0.00000280. The molecule has 1 aliphatic rings. The van der Waals surface area contributed by atoms with Gasteiger partial charge in [0.25, 0.3) is 0 Å². The number of benzene rings is 1. The van der Waals surface area contributed by atoms with Gasteiger partial charge in [0.1, 0.15) is 0 Å². The van der Waals surface area contributed by atoms with Gasteiger partial charge in [-0.15, -0.1) is 24.0 Å². The van der Waals surface area contributed by atoms with E-state index in [9.17, 15) is 5.11 Å². The number of halogens is 1. The molecule has 1 aromatic heterocycles. The molecule has 28 heavy (non-hydrogen) atoms. The molecule has 0 saturated carbocycles. The zero-order valence-electron chi connectivity index (χ0n) is 16.2. The number of anilines is 1. The molecule has 156 valence electrons. The van der Waals surface area contributed by atoms with Gasteiger partial charge in [-0.05, 0) is 31.9 Å². The van der Waals surface area contributed by atoms with Crippen molar-refractivity contribution in [2.75, 3.05) is 51.3 Å². The second-order valence-corrected chi connectivity index (χ2v) is 7.84. The summed E-state index contributed by atoms with van der Waals surface area (Å²) in [6.45, 7) is 6.63. The Morgan fingerprint density at radius 3 is 2.89 bits per heavy atom. The third-order valence-electron chi connectivity index (χ3n) is 4.73. The minimum absolute atomic E-state index is 0. The van der Waals surface area contributed by atoms with Gasteiger partial charge in [0, 0.05) is 38.3 Å². The molecular formula is C19H30IN5O2S. The molecule has 0 bridgehead atoms. The van der Waals surface area contributed by atoms with Gasteiger partial charge in [0.2, 0.25) is 0 Å². The van der Waals surface area contributed by atoms with Crippen LogP contribution in [0.5, 0.6) is 0 Å². The van der Waals surface area contributed by atoms with Crippen molar-refractivity contribution in [2.45, 2.75) is 19.8 Å².